The first-order chi connectivity index (χ1) is 4.84. The van der Waals surface area contributed by atoms with Crippen LogP contribution in [-0.2, 0) is 0 Å². The molecule has 10 heavy (non-hydrogen) atoms. The Morgan fingerprint density at radius 3 is 3.00 bits per heavy atom. The summed E-state index contributed by atoms with van der Waals surface area (Å²) in [7, 11) is 2.00. The number of anilines is 1. The van der Waals surface area contributed by atoms with Gasteiger partial charge in [-0.3, -0.25) is 0 Å². The van der Waals surface area contributed by atoms with Crippen molar-refractivity contribution in [2.24, 2.45) is 0 Å². The van der Waals surface area contributed by atoms with Crippen molar-refractivity contribution in [3.8, 4) is 0 Å². The van der Waals surface area contributed by atoms with Crippen LogP contribution in [0.4, 0.5) is 5.82 Å². The van der Waals surface area contributed by atoms with E-state index in [0.29, 0.717) is 0 Å². The largest absolute Gasteiger partial charge is 0.359 e. The van der Waals surface area contributed by atoms with Crippen molar-refractivity contribution in [3.63, 3.8) is 0 Å². The Morgan fingerprint density at radius 2 is 2.50 bits per heavy atom. The number of nitrogens with zero attached hydrogens (tertiary/aromatic N) is 2. The minimum absolute atomic E-state index is 0.907. The molecule has 0 spiro atoms. The van der Waals surface area contributed by atoms with Gasteiger partial charge < -0.3 is 4.90 Å². The van der Waals surface area contributed by atoms with Gasteiger partial charge in [0.05, 0.1) is 0 Å². The number of aromatic nitrogens is 1. The summed E-state index contributed by atoms with van der Waals surface area (Å²) in [4.78, 5) is 6.16. The molecule has 1 rings (SSSR count). The number of pyridine rings is 1. The molecule has 0 saturated heterocycles. The van der Waals surface area contributed by atoms with E-state index in [1.54, 1.807) is 6.20 Å². The van der Waals surface area contributed by atoms with Crippen LogP contribution in [0.15, 0.2) is 18.3 Å². The highest BCUT2D eigenvalue weighted by Gasteiger charge is 1.95. The van der Waals surface area contributed by atoms with Crippen molar-refractivity contribution < 1.29 is 0 Å². The lowest BCUT2D eigenvalue weighted by atomic mass is 10.4. The number of hydrogen-bond acceptors (Lipinski definition) is 2. The molecular weight excluding hydrogens is 124 g/mol. The van der Waals surface area contributed by atoms with Crippen LogP contribution in [0.2, 0.25) is 0 Å². The molecule has 0 aliphatic carbocycles. The van der Waals surface area contributed by atoms with Crippen molar-refractivity contribution in [3.05, 3.63) is 24.4 Å². The molecule has 0 saturated carbocycles. The van der Waals surface area contributed by atoms with E-state index in [4.69, 9.17) is 0 Å². The lowest BCUT2D eigenvalue weighted by Gasteiger charge is -2.13. The first kappa shape index (κ1) is 7.06. The monoisotopic (exact) mass is 135 g/mol. The Balaban J connectivity index is 2.75. The van der Waals surface area contributed by atoms with Crippen LogP contribution >= 0.6 is 0 Å². The van der Waals surface area contributed by atoms with Crippen LogP contribution in [-0.4, -0.2) is 18.6 Å². The van der Waals surface area contributed by atoms with E-state index < -0.39 is 0 Å². The zero-order chi connectivity index (χ0) is 7.40. The van der Waals surface area contributed by atoms with Gasteiger partial charge in [-0.15, -0.1) is 0 Å². The van der Waals surface area contributed by atoms with Crippen molar-refractivity contribution in [2.45, 2.75) is 6.92 Å². The summed E-state index contributed by atoms with van der Waals surface area (Å²) >= 11 is 0. The van der Waals surface area contributed by atoms with Gasteiger partial charge >= 0.3 is 0 Å². The highest BCUT2D eigenvalue weighted by molar-refractivity contribution is 5.34. The molecule has 1 radical (unpaired) electrons. The topological polar surface area (TPSA) is 16.1 Å². The Kier molecular flexibility index (Phi) is 2.26. The first-order valence-corrected chi connectivity index (χ1v) is 3.38. The molecule has 1 aromatic rings. The predicted molar refractivity (Wildman–Crippen MR) is 42.0 cm³/mol. The molecule has 1 aromatic heterocycles. The van der Waals surface area contributed by atoms with Crippen molar-refractivity contribution in [1.29, 1.82) is 0 Å². The van der Waals surface area contributed by atoms with Gasteiger partial charge in [-0.1, -0.05) is 0 Å². The molecule has 0 fully saturated rings. The predicted octanol–water partition coefficient (Wildman–Crippen LogP) is 1.34. The van der Waals surface area contributed by atoms with Crippen molar-refractivity contribution >= 4 is 5.82 Å². The Hall–Kier alpha value is -1.05. The minimum atomic E-state index is 0.907. The maximum Gasteiger partial charge on any atom is 0.136 e. The van der Waals surface area contributed by atoms with E-state index in [2.05, 4.69) is 18.0 Å². The van der Waals surface area contributed by atoms with Crippen LogP contribution in [0.5, 0.6) is 0 Å². The van der Waals surface area contributed by atoms with E-state index in [-0.39, 0.29) is 0 Å². The zero-order valence-electron chi connectivity index (χ0n) is 6.33. The maximum absolute atomic E-state index is 4.12. The normalized spacial score (nSPS) is 9.40. The van der Waals surface area contributed by atoms with Gasteiger partial charge in [0.15, 0.2) is 0 Å². The second-order valence-electron chi connectivity index (χ2n) is 2.12. The summed E-state index contributed by atoms with van der Waals surface area (Å²) in [6.07, 6.45) is 1.78. The van der Waals surface area contributed by atoms with E-state index in [9.17, 15) is 0 Å². The first-order valence-electron chi connectivity index (χ1n) is 3.38. The molecule has 0 N–H and O–H groups in total. The SMILES string of the molecule is CCN(C)c1[c]cccn1. The standard InChI is InChI=1S/C8H11N2/c1-3-10(2)8-6-4-5-7-9-8/h4-5,7H,3H2,1-2H3. The molecule has 0 unspecified atom stereocenters. The number of hydrogen-bond donors (Lipinski definition) is 0. The van der Waals surface area contributed by atoms with E-state index in [1.165, 1.54) is 0 Å². The fourth-order valence-corrected chi connectivity index (χ4v) is 0.675. The van der Waals surface area contributed by atoms with Gasteiger partial charge in [-0.05, 0) is 19.1 Å². The lowest BCUT2D eigenvalue weighted by Crippen LogP contribution is -2.16. The Morgan fingerprint density at radius 1 is 1.70 bits per heavy atom. The molecule has 0 aliphatic rings. The molecule has 2 nitrogen and oxygen atoms in total. The molecule has 0 amide bonds. The summed E-state index contributed by atoms with van der Waals surface area (Å²) in [6.45, 7) is 3.05. The van der Waals surface area contributed by atoms with Crippen molar-refractivity contribution in [2.75, 3.05) is 18.5 Å². The molecule has 0 aromatic carbocycles. The van der Waals surface area contributed by atoms with E-state index >= 15 is 0 Å². The van der Waals surface area contributed by atoms with Crippen molar-refractivity contribution in [1.82, 2.24) is 4.98 Å². The third-order valence-corrected chi connectivity index (χ3v) is 1.43. The van der Waals surface area contributed by atoms with Crippen LogP contribution in [0.25, 0.3) is 0 Å². The van der Waals surface area contributed by atoms with E-state index in [1.807, 2.05) is 24.1 Å². The number of rotatable bonds is 2. The third kappa shape index (κ3) is 1.47. The third-order valence-electron chi connectivity index (χ3n) is 1.43. The molecular formula is C8H11N2. The van der Waals surface area contributed by atoms with Gasteiger partial charge in [0, 0.05) is 25.9 Å². The molecule has 2 heteroatoms. The van der Waals surface area contributed by atoms with Crippen LogP contribution < -0.4 is 4.90 Å². The highest BCUT2D eigenvalue weighted by atomic mass is 15.1. The second kappa shape index (κ2) is 3.20. The molecule has 0 bridgehead atoms. The maximum atomic E-state index is 4.12. The second-order valence-corrected chi connectivity index (χ2v) is 2.12. The minimum Gasteiger partial charge on any atom is -0.359 e. The average molecular weight is 135 g/mol. The van der Waals surface area contributed by atoms with Crippen LogP contribution in [0, 0.1) is 6.07 Å². The van der Waals surface area contributed by atoms with Gasteiger partial charge in [0.25, 0.3) is 0 Å². The molecule has 0 atom stereocenters. The molecule has 1 heterocycles. The summed E-state index contributed by atoms with van der Waals surface area (Å²) in [5.41, 5.74) is 0. The van der Waals surface area contributed by atoms with Crippen LogP contribution in [0.3, 0.4) is 0 Å². The van der Waals surface area contributed by atoms with E-state index in [0.717, 1.165) is 12.4 Å². The zero-order valence-corrected chi connectivity index (χ0v) is 6.33. The summed E-state index contributed by atoms with van der Waals surface area (Å²) in [5, 5.41) is 0. The molecule has 53 valence electrons. The smallest absolute Gasteiger partial charge is 0.136 e. The van der Waals surface area contributed by atoms with Gasteiger partial charge in [0.2, 0.25) is 0 Å². The van der Waals surface area contributed by atoms with Gasteiger partial charge in [0.1, 0.15) is 5.82 Å². The lowest BCUT2D eigenvalue weighted by molar-refractivity contribution is 0.937. The summed E-state index contributed by atoms with van der Waals surface area (Å²) < 4.78 is 0. The quantitative estimate of drug-likeness (QED) is 0.608. The Bertz CT molecular complexity index is 184. The van der Waals surface area contributed by atoms with Gasteiger partial charge in [-0.2, -0.15) is 0 Å². The fraction of sp³-hybridized carbons (Fsp3) is 0.375. The molecule has 0 aliphatic heterocycles. The highest BCUT2D eigenvalue weighted by Crippen LogP contribution is 2.03. The average Bonchev–Trinajstić information content (AvgIpc) is 2.05. The summed E-state index contributed by atoms with van der Waals surface area (Å²) in [6, 6.07) is 6.77. The van der Waals surface area contributed by atoms with Gasteiger partial charge in [-0.25, -0.2) is 4.98 Å². The van der Waals surface area contributed by atoms with Crippen LogP contribution in [0.1, 0.15) is 6.92 Å². The Labute approximate surface area is 61.5 Å². The fourth-order valence-electron chi connectivity index (χ4n) is 0.675. The summed E-state index contributed by atoms with van der Waals surface area (Å²) in [5.74, 6) is 0.907.